The number of methoxy groups -OCH3 is 2. The van der Waals surface area contributed by atoms with Crippen LogP contribution in [-0.4, -0.2) is 49.4 Å². The summed E-state index contributed by atoms with van der Waals surface area (Å²) >= 11 is 0. The Kier molecular flexibility index (Phi) is 4.62. The largest absolute Gasteiger partial charge is 0.469 e. The van der Waals surface area contributed by atoms with Gasteiger partial charge in [0.05, 0.1) is 32.2 Å². The van der Waals surface area contributed by atoms with Crippen LogP contribution >= 0.6 is 0 Å². The Morgan fingerprint density at radius 3 is 2.04 bits per heavy atom. The van der Waals surface area contributed by atoms with Gasteiger partial charge in [-0.3, -0.25) is 9.59 Å². The number of hydrogen-bond donors (Lipinski definition) is 1. The maximum atomic E-state index is 12.3. The molecule has 0 aliphatic heterocycles. The second-order valence-electron chi connectivity index (χ2n) is 7.35. The Hall–Kier alpha value is -1.89. The van der Waals surface area contributed by atoms with E-state index >= 15 is 0 Å². The van der Waals surface area contributed by atoms with Crippen LogP contribution < -0.4 is 0 Å². The Labute approximate surface area is 146 Å². The molecule has 8 atom stereocenters. The highest BCUT2D eigenvalue weighted by molar-refractivity contribution is 5.87. The van der Waals surface area contributed by atoms with Gasteiger partial charge in [-0.25, -0.2) is 4.79 Å². The van der Waals surface area contributed by atoms with E-state index < -0.39 is 42.0 Å². The summed E-state index contributed by atoms with van der Waals surface area (Å²) in [6.07, 6.45) is -0.339. The van der Waals surface area contributed by atoms with Crippen molar-refractivity contribution in [3.63, 3.8) is 0 Å². The lowest BCUT2D eigenvalue weighted by Crippen LogP contribution is -2.44. The molecule has 0 spiro atoms. The molecule has 3 aliphatic rings. The summed E-state index contributed by atoms with van der Waals surface area (Å²) in [4.78, 5) is 36.3. The maximum Gasteiger partial charge on any atom is 0.333 e. The lowest BCUT2D eigenvalue weighted by molar-refractivity contribution is -0.163. The van der Waals surface area contributed by atoms with Gasteiger partial charge in [0.1, 0.15) is 6.10 Å². The lowest BCUT2D eigenvalue weighted by Gasteiger charge is -2.35. The van der Waals surface area contributed by atoms with Crippen LogP contribution in [0.5, 0.6) is 0 Å². The third kappa shape index (κ3) is 2.65. The number of rotatable bonds is 4. The smallest absolute Gasteiger partial charge is 0.333 e. The number of fused-ring (bicyclic) bond motifs is 5. The summed E-state index contributed by atoms with van der Waals surface area (Å²) in [7, 11) is 2.60. The van der Waals surface area contributed by atoms with Crippen LogP contribution in [0.25, 0.3) is 0 Å². The topological polar surface area (TPSA) is 99.1 Å². The van der Waals surface area contributed by atoms with Gasteiger partial charge in [-0.05, 0) is 43.4 Å². The molecule has 3 rings (SSSR count). The second-order valence-corrected chi connectivity index (χ2v) is 7.35. The third-order valence-corrected chi connectivity index (χ3v) is 6.23. The third-order valence-electron chi connectivity index (χ3n) is 6.23. The van der Waals surface area contributed by atoms with Crippen molar-refractivity contribution in [3.05, 3.63) is 12.2 Å². The molecule has 0 aromatic carbocycles. The van der Waals surface area contributed by atoms with E-state index in [0.717, 1.165) is 0 Å². The predicted octanol–water partition coefficient (Wildman–Crippen LogP) is 0.699. The number of ether oxygens (including phenoxy) is 3. The van der Waals surface area contributed by atoms with E-state index in [0.29, 0.717) is 12.8 Å². The van der Waals surface area contributed by atoms with Crippen LogP contribution in [0.2, 0.25) is 0 Å². The molecule has 0 heterocycles. The number of aliphatic hydroxyl groups is 1. The molecular formula is C18H24O7. The number of aliphatic hydroxyl groups excluding tert-OH is 1. The zero-order valence-corrected chi connectivity index (χ0v) is 14.6. The Morgan fingerprint density at radius 1 is 0.960 bits per heavy atom. The summed E-state index contributed by atoms with van der Waals surface area (Å²) in [6, 6.07) is 0. The van der Waals surface area contributed by atoms with Gasteiger partial charge < -0.3 is 19.3 Å². The first-order chi connectivity index (χ1) is 11.8. The van der Waals surface area contributed by atoms with Gasteiger partial charge in [-0.2, -0.15) is 0 Å². The average molecular weight is 352 g/mol. The highest BCUT2D eigenvalue weighted by Gasteiger charge is 2.68. The van der Waals surface area contributed by atoms with Crippen molar-refractivity contribution in [3.8, 4) is 0 Å². The molecule has 138 valence electrons. The summed E-state index contributed by atoms with van der Waals surface area (Å²) in [5.74, 6) is -2.99. The van der Waals surface area contributed by atoms with E-state index in [1.807, 2.05) is 0 Å². The fourth-order valence-electron chi connectivity index (χ4n) is 5.35. The van der Waals surface area contributed by atoms with E-state index in [2.05, 4.69) is 6.58 Å². The fraction of sp³-hybridized carbons (Fsp3) is 0.722. The van der Waals surface area contributed by atoms with Gasteiger partial charge >= 0.3 is 17.9 Å². The lowest BCUT2D eigenvalue weighted by atomic mass is 9.69. The molecule has 0 saturated heterocycles. The van der Waals surface area contributed by atoms with Gasteiger partial charge in [-0.15, -0.1) is 0 Å². The van der Waals surface area contributed by atoms with Crippen molar-refractivity contribution in [2.45, 2.75) is 32.0 Å². The second kappa shape index (κ2) is 6.44. The summed E-state index contributed by atoms with van der Waals surface area (Å²) in [6.45, 7) is 5.10. The summed E-state index contributed by atoms with van der Waals surface area (Å²) in [5, 5.41) is 10.7. The molecule has 25 heavy (non-hydrogen) atoms. The molecule has 0 aromatic rings. The van der Waals surface area contributed by atoms with Crippen LogP contribution in [0.15, 0.2) is 12.2 Å². The van der Waals surface area contributed by atoms with Crippen LogP contribution in [0.3, 0.4) is 0 Å². The Balaban J connectivity index is 1.85. The van der Waals surface area contributed by atoms with E-state index in [9.17, 15) is 19.5 Å². The van der Waals surface area contributed by atoms with Gasteiger partial charge in [0.2, 0.25) is 0 Å². The molecule has 7 heteroatoms. The van der Waals surface area contributed by atoms with E-state index in [-0.39, 0.29) is 29.2 Å². The minimum absolute atomic E-state index is 0.0212. The van der Waals surface area contributed by atoms with Gasteiger partial charge in [0.15, 0.2) is 0 Å². The maximum absolute atomic E-state index is 12.3. The normalized spacial score (nSPS) is 41.1. The quantitative estimate of drug-likeness (QED) is 0.452. The molecule has 3 fully saturated rings. The molecule has 0 radical (unpaired) electrons. The van der Waals surface area contributed by atoms with Gasteiger partial charge in [0, 0.05) is 5.57 Å². The van der Waals surface area contributed by atoms with E-state index in [1.165, 1.54) is 14.2 Å². The van der Waals surface area contributed by atoms with E-state index in [1.54, 1.807) is 6.92 Å². The van der Waals surface area contributed by atoms with Crippen LogP contribution in [-0.2, 0) is 28.6 Å². The highest BCUT2D eigenvalue weighted by atomic mass is 16.6. The SMILES string of the molecule is C=C(C)C(=O)OC1CC2C3CC(C(C(=O)OC)C3C(=O)OC)C2C1O. The zero-order chi connectivity index (χ0) is 18.5. The molecule has 3 aliphatic carbocycles. The molecule has 3 saturated carbocycles. The van der Waals surface area contributed by atoms with Crippen molar-refractivity contribution in [2.24, 2.45) is 35.5 Å². The monoisotopic (exact) mass is 352 g/mol. The number of carbonyl (C=O) groups is 3. The van der Waals surface area contributed by atoms with Crippen molar-refractivity contribution < 1.29 is 33.7 Å². The minimum atomic E-state index is -0.853. The van der Waals surface area contributed by atoms with Gasteiger partial charge in [0.25, 0.3) is 0 Å². The van der Waals surface area contributed by atoms with E-state index in [4.69, 9.17) is 14.2 Å². The Bertz CT molecular complexity index is 613. The molecule has 8 unspecified atom stereocenters. The first kappa shape index (κ1) is 17.9. The summed E-state index contributed by atoms with van der Waals surface area (Å²) in [5.41, 5.74) is 0.270. The highest BCUT2D eigenvalue weighted by Crippen LogP contribution is 2.64. The summed E-state index contributed by atoms with van der Waals surface area (Å²) < 4.78 is 15.2. The minimum Gasteiger partial charge on any atom is -0.469 e. The Morgan fingerprint density at radius 2 is 1.52 bits per heavy atom. The number of carbonyl (C=O) groups excluding carboxylic acids is 3. The molecular weight excluding hydrogens is 328 g/mol. The van der Waals surface area contributed by atoms with Crippen molar-refractivity contribution in [1.82, 2.24) is 0 Å². The molecule has 1 N–H and O–H groups in total. The molecule has 0 aromatic heterocycles. The van der Waals surface area contributed by atoms with Crippen molar-refractivity contribution in [1.29, 1.82) is 0 Å². The first-order valence-electron chi connectivity index (χ1n) is 8.52. The van der Waals surface area contributed by atoms with Crippen LogP contribution in [0.1, 0.15) is 19.8 Å². The van der Waals surface area contributed by atoms with Crippen LogP contribution in [0, 0.1) is 35.5 Å². The first-order valence-corrected chi connectivity index (χ1v) is 8.52. The standard InChI is InChI=1S/C18H24O7/c1-7(2)16(20)25-11-6-9-8-5-10(12(9)15(11)19)14(18(22)24-4)13(8)17(21)23-3/h8-15,19H,1,5-6H2,2-4H3. The van der Waals surface area contributed by atoms with Gasteiger partial charge in [-0.1, -0.05) is 6.58 Å². The van der Waals surface area contributed by atoms with Crippen LogP contribution in [0.4, 0.5) is 0 Å². The molecule has 2 bridgehead atoms. The predicted molar refractivity (Wildman–Crippen MR) is 84.9 cm³/mol. The molecule has 7 nitrogen and oxygen atoms in total. The number of hydrogen-bond acceptors (Lipinski definition) is 7. The molecule has 0 amide bonds. The zero-order valence-electron chi connectivity index (χ0n) is 14.6. The fourth-order valence-corrected chi connectivity index (χ4v) is 5.35. The number of esters is 3. The van der Waals surface area contributed by atoms with Crippen molar-refractivity contribution >= 4 is 17.9 Å². The van der Waals surface area contributed by atoms with Crippen molar-refractivity contribution in [2.75, 3.05) is 14.2 Å². The average Bonchev–Trinajstić information content (AvgIpc) is 3.23.